The van der Waals surface area contributed by atoms with Crippen molar-refractivity contribution in [1.29, 1.82) is 0 Å². The second-order valence-corrected chi connectivity index (χ2v) is 23.3. The Hall–Kier alpha value is -2.89. The van der Waals surface area contributed by atoms with Crippen molar-refractivity contribution in [2.45, 2.75) is 233 Å². The number of Topliss-reactive ketones (excluding diaryl/α,β-unsaturated/α-hetero) is 1. The Bertz CT molecular complexity index is 1890. The van der Waals surface area contributed by atoms with Gasteiger partial charge >= 0.3 is 17.9 Å². The van der Waals surface area contributed by atoms with E-state index >= 15 is 9.59 Å². The summed E-state index contributed by atoms with van der Waals surface area (Å²) < 4.78 is 70.1. The summed E-state index contributed by atoms with van der Waals surface area (Å²) in [6.07, 6.45) is -9.66. The molecule has 2 N–H and O–H groups in total. The molecule has 75 heavy (non-hydrogen) atoms. The number of hydrogen-bond acceptors (Lipinski definition) is 20. The number of aliphatic hydroxyl groups excluding tert-OH is 2. The van der Waals surface area contributed by atoms with E-state index in [1.165, 1.54) is 41.1 Å². The highest BCUT2D eigenvalue weighted by molar-refractivity contribution is 5.91. The van der Waals surface area contributed by atoms with Gasteiger partial charge in [0, 0.05) is 77.3 Å². The molecule has 0 bridgehead atoms. The smallest absolute Gasteiger partial charge is 0.311 e. The predicted octanol–water partition coefficient (Wildman–Crippen LogP) is 5.62. The van der Waals surface area contributed by atoms with E-state index in [0.717, 1.165) is 6.54 Å². The molecule has 4 saturated heterocycles. The average molecular weight is 1070 g/mol. The van der Waals surface area contributed by atoms with E-state index in [4.69, 9.17) is 56.9 Å². The summed E-state index contributed by atoms with van der Waals surface area (Å²) in [6.45, 7) is 26.4. The van der Waals surface area contributed by atoms with Gasteiger partial charge in [-0.15, -0.1) is 0 Å². The highest BCUT2D eigenvalue weighted by atomic mass is 16.7. The maximum absolute atomic E-state index is 15.5. The molecular formula is C55H94N2O18. The second kappa shape index (κ2) is 27.8. The number of nitrogens with zero attached hydrogens (tertiary/aromatic N) is 2. The van der Waals surface area contributed by atoms with Crippen molar-refractivity contribution in [1.82, 2.24) is 4.90 Å². The molecule has 0 spiro atoms. The summed E-state index contributed by atoms with van der Waals surface area (Å²) in [5, 5.41) is 26.7. The molecule has 5 aliphatic rings. The van der Waals surface area contributed by atoms with Crippen LogP contribution < -0.4 is 0 Å². The number of ketones is 1. The minimum absolute atomic E-state index is 0.0317. The first-order valence-corrected chi connectivity index (χ1v) is 27.5. The lowest BCUT2D eigenvalue weighted by Gasteiger charge is -2.45. The monoisotopic (exact) mass is 1070 g/mol. The van der Waals surface area contributed by atoms with Gasteiger partial charge in [0.25, 0.3) is 0 Å². The van der Waals surface area contributed by atoms with Crippen molar-refractivity contribution in [3.8, 4) is 0 Å². The molecule has 432 valence electrons. The molecule has 20 heteroatoms. The number of carbonyl (C=O) groups excluding carboxylic acids is 4. The van der Waals surface area contributed by atoms with Crippen molar-refractivity contribution in [3.63, 3.8) is 0 Å². The van der Waals surface area contributed by atoms with Crippen molar-refractivity contribution < 1.29 is 86.3 Å². The Morgan fingerprint density at radius 1 is 0.813 bits per heavy atom. The van der Waals surface area contributed by atoms with Crippen LogP contribution in [0.25, 0.3) is 0 Å². The number of hydrogen-bond donors (Lipinski definition) is 2. The highest BCUT2D eigenvalue weighted by Gasteiger charge is 2.52. The van der Waals surface area contributed by atoms with Crippen LogP contribution >= 0.6 is 0 Å². The fourth-order valence-electron chi connectivity index (χ4n) is 11.9. The fraction of sp³-hybridized carbons (Fsp3) is 0.909. The number of rotatable bonds is 17. The van der Waals surface area contributed by atoms with Gasteiger partial charge in [-0.3, -0.25) is 24.1 Å². The Kier molecular flexibility index (Phi) is 23.3. The van der Waals surface area contributed by atoms with Crippen molar-refractivity contribution in [3.05, 3.63) is 0 Å². The summed E-state index contributed by atoms with van der Waals surface area (Å²) in [4.78, 5) is 65.4. The lowest BCUT2D eigenvalue weighted by atomic mass is 9.74. The van der Waals surface area contributed by atoms with Gasteiger partial charge in [-0.1, -0.05) is 53.6 Å². The Labute approximate surface area is 446 Å². The van der Waals surface area contributed by atoms with Gasteiger partial charge in [0.2, 0.25) is 0 Å². The minimum atomic E-state index is -1.84. The number of aliphatic hydroxyl groups is 2. The molecule has 0 amide bonds. The largest absolute Gasteiger partial charge is 0.461 e. The van der Waals surface area contributed by atoms with Gasteiger partial charge in [0.15, 0.2) is 30.3 Å². The molecule has 0 aromatic carbocycles. The van der Waals surface area contributed by atoms with Gasteiger partial charge in [-0.05, 0) is 78.6 Å². The number of ether oxygens (including phenoxy) is 11. The van der Waals surface area contributed by atoms with E-state index < -0.39 is 145 Å². The van der Waals surface area contributed by atoms with Crippen LogP contribution in [0.15, 0.2) is 5.16 Å². The zero-order valence-electron chi connectivity index (χ0n) is 48.0. The first-order valence-electron chi connectivity index (χ1n) is 27.5. The third kappa shape index (κ3) is 16.4. The molecule has 22 atom stereocenters. The van der Waals surface area contributed by atoms with Gasteiger partial charge in [-0.25, -0.2) is 0 Å². The van der Waals surface area contributed by atoms with Crippen LogP contribution in [0.3, 0.4) is 0 Å². The Balaban J connectivity index is 1.66. The fourth-order valence-corrected chi connectivity index (χ4v) is 11.9. The molecule has 1 saturated carbocycles. The summed E-state index contributed by atoms with van der Waals surface area (Å²) in [5.74, 6) is -7.07. The molecule has 20 nitrogen and oxygen atoms in total. The molecule has 1 aliphatic carbocycles. The highest BCUT2D eigenvalue weighted by Crippen LogP contribution is 2.41. The van der Waals surface area contributed by atoms with E-state index in [-0.39, 0.29) is 43.9 Å². The van der Waals surface area contributed by atoms with E-state index in [1.54, 1.807) is 34.6 Å². The summed E-state index contributed by atoms with van der Waals surface area (Å²) in [5.41, 5.74) is -1.53. The number of methoxy groups -OCH3 is 2. The van der Waals surface area contributed by atoms with Crippen LogP contribution in [0.2, 0.25) is 0 Å². The maximum atomic E-state index is 15.5. The molecule has 4 aliphatic heterocycles. The molecule has 4 heterocycles. The van der Waals surface area contributed by atoms with Crippen LogP contribution in [-0.4, -0.2) is 183 Å². The molecular weight excluding hydrogens is 977 g/mol. The van der Waals surface area contributed by atoms with Gasteiger partial charge < -0.3 is 67.2 Å². The topological polar surface area (TPSA) is 235 Å². The van der Waals surface area contributed by atoms with Crippen LogP contribution in [0.5, 0.6) is 0 Å². The Morgan fingerprint density at radius 2 is 1.48 bits per heavy atom. The lowest BCUT2D eigenvalue weighted by Crippen LogP contribution is -2.59. The van der Waals surface area contributed by atoms with Gasteiger partial charge in [-0.2, -0.15) is 0 Å². The van der Waals surface area contributed by atoms with Gasteiger partial charge in [0.05, 0.1) is 54.7 Å². The van der Waals surface area contributed by atoms with E-state index in [9.17, 15) is 19.8 Å². The minimum Gasteiger partial charge on any atom is -0.461 e. The summed E-state index contributed by atoms with van der Waals surface area (Å²) in [6, 6.07) is 0.0727. The van der Waals surface area contributed by atoms with Crippen LogP contribution in [0.4, 0.5) is 0 Å². The second-order valence-electron chi connectivity index (χ2n) is 23.3. The van der Waals surface area contributed by atoms with Crippen molar-refractivity contribution in [2.75, 3.05) is 41.0 Å². The van der Waals surface area contributed by atoms with E-state index in [1.807, 2.05) is 48.5 Å². The average Bonchev–Trinajstić information content (AvgIpc) is 4.17. The molecule has 5 fully saturated rings. The SMILES string of the molecule is CO/N=C1\C[C@@H](C)O[C@@H](O[C@@H]2[C@@H](C)[C@H](O[C@H]3C[C@H](C)N(CC4CC4)C[C@H](C)O3)[C@@H](C)C(=O)O[C@H]([C@@H](C)CO[C@@H]3O[C@H](C)[C@@H](O)[C@@H](OC)[C@H]3OC)[C@H](C)[C@@H](OC(=O)CC(C)C)[C@@H](C)C(=O)[C@@](C)(OC(C)=O)C[C@@H]2C)[C@@H]1O. The Morgan fingerprint density at radius 3 is 2.08 bits per heavy atom. The van der Waals surface area contributed by atoms with E-state index in [0.29, 0.717) is 24.6 Å². The van der Waals surface area contributed by atoms with E-state index in [2.05, 4.69) is 17.0 Å². The molecule has 0 radical (unpaired) electrons. The first-order chi connectivity index (χ1) is 35.2. The first kappa shape index (κ1) is 62.9. The molecule has 0 aromatic heterocycles. The quantitative estimate of drug-likeness (QED) is 0.102. The standard InChI is InChI=1S/C55H94N2O18/c1-27(2)20-41(59)71-47-34(9)46(29(4)26-67-54-50(65-16)49(64-15)43(60)37(12)70-54)73-52(63)36(11)48(72-42-21-30(5)57(24-32(7)68-42)25-39-18-19-39)33(8)45(74-53-44(61)40(56-66-17)22-31(6)69-53)28(3)23-55(14,75-38(13)58)51(62)35(47)10/h27-37,39,42-50,53-54,60-61H,18-26H2,1-17H3/b56-40+/t28-,29-,30-,31+,32-,33+,34-,35+,36+,37+,42-,43+,44+,45-,46+,47+,48-,49+,50+,53-,54+,55-/m0/s1. The van der Waals surface area contributed by atoms with Crippen LogP contribution in [-0.2, 0) is 76.1 Å². The molecule has 5 rings (SSSR count). The number of cyclic esters (lactones) is 1. The van der Waals surface area contributed by atoms with Gasteiger partial charge in [0.1, 0.15) is 43.7 Å². The number of esters is 3. The zero-order chi connectivity index (χ0) is 55.8. The summed E-state index contributed by atoms with van der Waals surface area (Å²) >= 11 is 0. The summed E-state index contributed by atoms with van der Waals surface area (Å²) in [7, 11) is 4.31. The third-order valence-electron chi connectivity index (χ3n) is 16.0. The van der Waals surface area contributed by atoms with Crippen LogP contribution in [0, 0.1) is 47.3 Å². The van der Waals surface area contributed by atoms with Crippen molar-refractivity contribution in [2.24, 2.45) is 52.5 Å². The third-order valence-corrected chi connectivity index (χ3v) is 16.0. The number of oxime groups is 1. The lowest BCUT2D eigenvalue weighted by molar-refractivity contribution is -0.305. The molecule has 0 aromatic rings. The normalized spacial score (nSPS) is 42.1. The molecule has 0 unspecified atom stereocenters. The maximum Gasteiger partial charge on any atom is 0.311 e. The zero-order valence-corrected chi connectivity index (χ0v) is 48.0. The number of carbonyl (C=O) groups is 4. The van der Waals surface area contributed by atoms with Crippen molar-refractivity contribution >= 4 is 29.4 Å². The predicted molar refractivity (Wildman–Crippen MR) is 274 cm³/mol. The van der Waals surface area contributed by atoms with Crippen LogP contribution in [0.1, 0.15) is 135 Å².